The summed E-state index contributed by atoms with van der Waals surface area (Å²) in [6.45, 7) is 6.60. The van der Waals surface area contributed by atoms with Crippen molar-refractivity contribution >= 4 is 0 Å². The summed E-state index contributed by atoms with van der Waals surface area (Å²) in [7, 11) is 2.04. The van der Waals surface area contributed by atoms with Crippen LogP contribution in [0.3, 0.4) is 0 Å². The monoisotopic (exact) mass is 197 g/mol. The van der Waals surface area contributed by atoms with Crippen LogP contribution in [0.1, 0.15) is 19.7 Å². The molecule has 0 aliphatic carbocycles. The summed E-state index contributed by atoms with van der Waals surface area (Å²) >= 11 is 0. The molecule has 0 saturated heterocycles. The summed E-state index contributed by atoms with van der Waals surface area (Å²) < 4.78 is 1.90. The lowest BCUT2D eigenvalue weighted by Gasteiger charge is -2.18. The van der Waals surface area contributed by atoms with Gasteiger partial charge in [-0.05, 0) is 20.9 Å². The molecular weight excluding hydrogens is 178 g/mol. The Kier molecular flexibility index (Phi) is 4.03. The maximum absolute atomic E-state index is 5.71. The zero-order valence-electron chi connectivity index (χ0n) is 9.14. The molecule has 0 bridgehead atoms. The third-order valence-electron chi connectivity index (χ3n) is 2.01. The van der Waals surface area contributed by atoms with Crippen molar-refractivity contribution in [2.45, 2.75) is 33.0 Å². The molecule has 5 heteroatoms. The SMILES string of the molecule is CCn1ncnc1CN(C)CC(C)N. The molecule has 0 aromatic carbocycles. The first-order chi connectivity index (χ1) is 6.63. The zero-order valence-corrected chi connectivity index (χ0v) is 9.14. The lowest BCUT2D eigenvalue weighted by atomic mass is 10.3. The Balaban J connectivity index is 2.51. The van der Waals surface area contributed by atoms with E-state index in [1.165, 1.54) is 0 Å². The molecule has 0 spiro atoms. The fourth-order valence-electron chi connectivity index (χ4n) is 1.47. The van der Waals surface area contributed by atoms with Crippen LogP contribution in [0.5, 0.6) is 0 Å². The highest BCUT2D eigenvalue weighted by Crippen LogP contribution is 1.99. The highest BCUT2D eigenvalue weighted by Gasteiger charge is 2.07. The van der Waals surface area contributed by atoms with Crippen LogP contribution in [-0.4, -0.2) is 39.3 Å². The van der Waals surface area contributed by atoms with E-state index >= 15 is 0 Å². The second-order valence-corrected chi connectivity index (χ2v) is 3.67. The molecule has 5 nitrogen and oxygen atoms in total. The number of hydrogen-bond acceptors (Lipinski definition) is 4. The topological polar surface area (TPSA) is 60.0 Å². The summed E-state index contributed by atoms with van der Waals surface area (Å²) in [5.41, 5.74) is 5.71. The van der Waals surface area contributed by atoms with Gasteiger partial charge in [-0.3, -0.25) is 4.90 Å². The second-order valence-electron chi connectivity index (χ2n) is 3.67. The first-order valence-electron chi connectivity index (χ1n) is 4.94. The van der Waals surface area contributed by atoms with Gasteiger partial charge in [0.2, 0.25) is 0 Å². The van der Waals surface area contributed by atoms with E-state index in [1.54, 1.807) is 6.33 Å². The quantitative estimate of drug-likeness (QED) is 0.726. The molecule has 1 aromatic heterocycles. The van der Waals surface area contributed by atoms with Crippen molar-refractivity contribution in [3.05, 3.63) is 12.2 Å². The Morgan fingerprint density at radius 2 is 2.36 bits per heavy atom. The van der Waals surface area contributed by atoms with Crippen LogP contribution < -0.4 is 5.73 Å². The predicted molar refractivity (Wildman–Crippen MR) is 55.7 cm³/mol. The first-order valence-corrected chi connectivity index (χ1v) is 4.94. The van der Waals surface area contributed by atoms with Gasteiger partial charge in [0.1, 0.15) is 12.2 Å². The Morgan fingerprint density at radius 3 is 2.93 bits per heavy atom. The van der Waals surface area contributed by atoms with Gasteiger partial charge >= 0.3 is 0 Å². The molecule has 80 valence electrons. The molecule has 1 aromatic rings. The van der Waals surface area contributed by atoms with Gasteiger partial charge in [-0.25, -0.2) is 9.67 Å². The van der Waals surface area contributed by atoms with E-state index in [-0.39, 0.29) is 6.04 Å². The molecule has 14 heavy (non-hydrogen) atoms. The maximum atomic E-state index is 5.71. The highest BCUT2D eigenvalue weighted by atomic mass is 15.3. The van der Waals surface area contributed by atoms with Crippen molar-refractivity contribution in [1.29, 1.82) is 0 Å². The van der Waals surface area contributed by atoms with Crippen molar-refractivity contribution in [3.63, 3.8) is 0 Å². The molecule has 2 N–H and O–H groups in total. The molecule has 0 aliphatic heterocycles. The van der Waals surface area contributed by atoms with E-state index < -0.39 is 0 Å². The molecule has 0 amide bonds. The van der Waals surface area contributed by atoms with Crippen molar-refractivity contribution in [2.24, 2.45) is 5.73 Å². The Morgan fingerprint density at radius 1 is 1.64 bits per heavy atom. The van der Waals surface area contributed by atoms with Crippen LogP contribution in [0.2, 0.25) is 0 Å². The minimum atomic E-state index is 0.193. The summed E-state index contributed by atoms with van der Waals surface area (Å²) in [5.74, 6) is 0.996. The molecule has 0 saturated carbocycles. The summed E-state index contributed by atoms with van der Waals surface area (Å²) in [5, 5.41) is 4.11. The van der Waals surface area contributed by atoms with E-state index in [1.807, 2.05) is 18.7 Å². The summed E-state index contributed by atoms with van der Waals surface area (Å²) in [6, 6.07) is 0.193. The van der Waals surface area contributed by atoms with Gasteiger partial charge in [-0.1, -0.05) is 0 Å². The molecule has 1 rings (SSSR count). The number of likely N-dealkylation sites (N-methyl/N-ethyl adjacent to an activating group) is 1. The molecule has 0 aliphatic rings. The summed E-state index contributed by atoms with van der Waals surface area (Å²) in [4.78, 5) is 6.36. The van der Waals surface area contributed by atoms with Crippen LogP contribution in [0.4, 0.5) is 0 Å². The molecule has 0 radical (unpaired) electrons. The van der Waals surface area contributed by atoms with Crippen molar-refractivity contribution < 1.29 is 0 Å². The minimum Gasteiger partial charge on any atom is -0.327 e. The third kappa shape index (κ3) is 3.08. The molecular formula is C9H19N5. The Bertz CT molecular complexity index is 268. The maximum Gasteiger partial charge on any atom is 0.140 e. The lowest BCUT2D eigenvalue weighted by molar-refractivity contribution is 0.296. The third-order valence-corrected chi connectivity index (χ3v) is 2.01. The summed E-state index contributed by atoms with van der Waals surface area (Å²) in [6.07, 6.45) is 1.60. The Labute approximate surface area is 84.9 Å². The van der Waals surface area contributed by atoms with E-state index in [0.29, 0.717) is 0 Å². The number of aryl methyl sites for hydroxylation is 1. The van der Waals surface area contributed by atoms with Crippen molar-refractivity contribution in [2.75, 3.05) is 13.6 Å². The van der Waals surface area contributed by atoms with E-state index in [9.17, 15) is 0 Å². The van der Waals surface area contributed by atoms with Gasteiger partial charge in [0, 0.05) is 19.1 Å². The molecule has 0 fully saturated rings. The average molecular weight is 197 g/mol. The van der Waals surface area contributed by atoms with Crippen molar-refractivity contribution in [3.8, 4) is 0 Å². The zero-order chi connectivity index (χ0) is 10.6. The lowest BCUT2D eigenvalue weighted by Crippen LogP contribution is -2.33. The average Bonchev–Trinajstić information content (AvgIpc) is 2.50. The van der Waals surface area contributed by atoms with Gasteiger partial charge in [0.15, 0.2) is 0 Å². The van der Waals surface area contributed by atoms with Crippen LogP contribution in [-0.2, 0) is 13.1 Å². The largest absolute Gasteiger partial charge is 0.327 e. The highest BCUT2D eigenvalue weighted by molar-refractivity contribution is 4.84. The van der Waals surface area contributed by atoms with Gasteiger partial charge < -0.3 is 5.73 Å². The first kappa shape index (κ1) is 11.1. The Hall–Kier alpha value is -0.940. The number of nitrogens with two attached hydrogens (primary N) is 1. The molecule has 1 atom stereocenters. The van der Waals surface area contributed by atoms with E-state index in [2.05, 4.69) is 21.9 Å². The number of aromatic nitrogens is 3. The second kappa shape index (κ2) is 5.07. The van der Waals surface area contributed by atoms with Crippen LogP contribution in [0.25, 0.3) is 0 Å². The number of rotatable bonds is 5. The predicted octanol–water partition coefficient (Wildman–Crippen LogP) is 0.0770. The fraction of sp³-hybridized carbons (Fsp3) is 0.778. The smallest absolute Gasteiger partial charge is 0.140 e. The van der Waals surface area contributed by atoms with Gasteiger partial charge in [0.05, 0.1) is 6.54 Å². The normalized spacial score (nSPS) is 13.5. The van der Waals surface area contributed by atoms with Crippen LogP contribution in [0.15, 0.2) is 6.33 Å². The molecule has 1 heterocycles. The number of nitrogens with zero attached hydrogens (tertiary/aromatic N) is 4. The fourth-order valence-corrected chi connectivity index (χ4v) is 1.47. The van der Waals surface area contributed by atoms with E-state index in [4.69, 9.17) is 5.73 Å². The van der Waals surface area contributed by atoms with E-state index in [0.717, 1.165) is 25.5 Å². The van der Waals surface area contributed by atoms with Gasteiger partial charge in [-0.15, -0.1) is 0 Å². The van der Waals surface area contributed by atoms with Crippen LogP contribution in [0, 0.1) is 0 Å². The van der Waals surface area contributed by atoms with Gasteiger partial charge in [0.25, 0.3) is 0 Å². The van der Waals surface area contributed by atoms with Crippen LogP contribution >= 0.6 is 0 Å². The minimum absolute atomic E-state index is 0.193. The molecule has 1 unspecified atom stereocenters. The number of hydrogen-bond donors (Lipinski definition) is 1. The standard InChI is InChI=1S/C9H19N5/c1-4-14-9(11-7-12-14)6-13(3)5-8(2)10/h7-8H,4-6,10H2,1-3H3. The van der Waals surface area contributed by atoms with Gasteiger partial charge in [-0.2, -0.15) is 5.10 Å². The van der Waals surface area contributed by atoms with Crippen molar-refractivity contribution in [1.82, 2.24) is 19.7 Å².